The predicted molar refractivity (Wildman–Crippen MR) is 304 cm³/mol. The number of nitrogens with zero attached hydrogens (tertiary/aromatic N) is 6. The SMILES string of the molecule is O=C1c2cccc(NCCCN3CCN(CCCNC(=O)c4c5ccccc5nc5ccccc45)CC3)c2C(=O)c2c(NCCCN3CCN(CCCNC(=O)c4c5ccccc5nc5ccccc45)CC3)cccc21. The largest absolute Gasteiger partial charge is 0.384 e. The van der Waals surface area contributed by atoms with Crippen molar-refractivity contribution in [2.45, 2.75) is 25.7 Å². The van der Waals surface area contributed by atoms with E-state index < -0.39 is 0 Å². The van der Waals surface area contributed by atoms with Crippen molar-refractivity contribution in [3.63, 3.8) is 0 Å². The number of aromatic nitrogens is 2. The van der Waals surface area contributed by atoms with Crippen molar-refractivity contribution >= 4 is 78.4 Å². The molecule has 0 atom stereocenters. The zero-order valence-electron chi connectivity index (χ0n) is 43.2. The Morgan fingerprint density at radius 2 is 0.697 bits per heavy atom. The fourth-order valence-corrected chi connectivity index (χ4v) is 11.4. The van der Waals surface area contributed by atoms with Crippen LogP contribution in [0.3, 0.4) is 0 Å². The van der Waals surface area contributed by atoms with Crippen molar-refractivity contribution in [3.8, 4) is 0 Å². The normalized spacial score (nSPS) is 15.5. The minimum Gasteiger partial charge on any atom is -0.384 e. The van der Waals surface area contributed by atoms with E-state index in [9.17, 15) is 19.2 Å². The van der Waals surface area contributed by atoms with Crippen LogP contribution in [0.4, 0.5) is 11.4 Å². The second-order valence-corrected chi connectivity index (χ2v) is 20.3. The summed E-state index contributed by atoms with van der Waals surface area (Å²) >= 11 is 0. The molecule has 388 valence electrons. The molecule has 2 aromatic heterocycles. The van der Waals surface area contributed by atoms with Gasteiger partial charge in [-0.1, -0.05) is 97.1 Å². The number of ketones is 2. The number of piperazine rings is 2. The molecule has 2 amide bonds. The third-order valence-electron chi connectivity index (χ3n) is 15.4. The number of para-hydroxylation sites is 4. The number of carbonyl (C=O) groups excluding carboxylic acids is 4. The molecule has 14 heteroatoms. The van der Waals surface area contributed by atoms with E-state index in [0.717, 1.165) is 148 Å². The summed E-state index contributed by atoms with van der Waals surface area (Å²) in [6.07, 6.45) is 3.55. The van der Waals surface area contributed by atoms with Crippen LogP contribution in [-0.4, -0.2) is 158 Å². The average molecular weight is 1020 g/mol. The predicted octanol–water partition coefficient (Wildman–Crippen LogP) is 8.34. The van der Waals surface area contributed by atoms with Crippen LogP contribution in [0.1, 0.15) is 78.2 Å². The third-order valence-corrected chi connectivity index (χ3v) is 15.4. The van der Waals surface area contributed by atoms with E-state index in [2.05, 4.69) is 40.9 Å². The Labute approximate surface area is 443 Å². The Bertz CT molecular complexity index is 3110. The maximum Gasteiger partial charge on any atom is 0.252 e. The molecule has 2 saturated heterocycles. The van der Waals surface area contributed by atoms with E-state index in [0.29, 0.717) is 70.9 Å². The van der Waals surface area contributed by atoms with Crippen molar-refractivity contribution in [1.82, 2.24) is 40.2 Å². The molecule has 4 heterocycles. The first-order chi connectivity index (χ1) is 37.4. The molecule has 1 aliphatic carbocycles. The zero-order valence-corrected chi connectivity index (χ0v) is 43.2. The molecule has 2 fully saturated rings. The van der Waals surface area contributed by atoms with E-state index >= 15 is 0 Å². The van der Waals surface area contributed by atoms with Gasteiger partial charge in [0.05, 0.1) is 44.3 Å². The molecule has 0 spiro atoms. The number of nitrogens with one attached hydrogen (secondary N) is 4. The summed E-state index contributed by atoms with van der Waals surface area (Å²) in [6.45, 7) is 14.1. The summed E-state index contributed by atoms with van der Waals surface area (Å²) in [7, 11) is 0. The minimum atomic E-state index is -0.124. The summed E-state index contributed by atoms with van der Waals surface area (Å²) in [5.41, 5.74) is 7.89. The second kappa shape index (κ2) is 23.5. The number of fused-ring (bicyclic) bond motifs is 6. The van der Waals surface area contributed by atoms with Crippen LogP contribution < -0.4 is 21.3 Å². The first-order valence-corrected chi connectivity index (χ1v) is 27.2. The van der Waals surface area contributed by atoms with Crippen LogP contribution in [0.25, 0.3) is 43.6 Å². The highest BCUT2D eigenvalue weighted by molar-refractivity contribution is 6.32. The summed E-state index contributed by atoms with van der Waals surface area (Å²) in [6, 6.07) is 42.4. The van der Waals surface area contributed by atoms with Gasteiger partial charge in [-0.05, 0) is 88.3 Å². The lowest BCUT2D eigenvalue weighted by Gasteiger charge is -2.34. The van der Waals surface area contributed by atoms with Gasteiger partial charge in [0.1, 0.15) is 0 Å². The number of anilines is 2. The molecule has 0 unspecified atom stereocenters. The molecule has 2 aliphatic heterocycles. The van der Waals surface area contributed by atoms with Crippen molar-refractivity contribution in [1.29, 1.82) is 0 Å². The molecule has 14 nitrogen and oxygen atoms in total. The zero-order chi connectivity index (χ0) is 51.8. The topological polar surface area (TPSA) is 155 Å². The lowest BCUT2D eigenvalue weighted by Crippen LogP contribution is -2.47. The Morgan fingerprint density at radius 1 is 0.382 bits per heavy atom. The maximum absolute atomic E-state index is 14.4. The molecule has 11 rings (SSSR count). The summed E-state index contributed by atoms with van der Waals surface area (Å²) < 4.78 is 0. The van der Waals surface area contributed by atoms with Gasteiger partial charge in [-0.25, -0.2) is 9.97 Å². The molecule has 6 aromatic carbocycles. The van der Waals surface area contributed by atoms with Gasteiger partial charge in [0.15, 0.2) is 11.6 Å². The van der Waals surface area contributed by atoms with E-state index in [-0.39, 0.29) is 23.4 Å². The van der Waals surface area contributed by atoms with Crippen molar-refractivity contribution in [2.75, 3.05) is 115 Å². The molecule has 0 saturated carbocycles. The molecule has 8 aromatic rings. The fraction of sp³-hybridized carbons (Fsp3) is 0.323. The number of rotatable bonds is 20. The molecule has 0 radical (unpaired) electrons. The van der Waals surface area contributed by atoms with E-state index in [1.807, 2.05) is 121 Å². The van der Waals surface area contributed by atoms with Crippen molar-refractivity contribution in [3.05, 3.63) is 167 Å². The quantitative estimate of drug-likeness (QED) is 0.0429. The fourth-order valence-electron chi connectivity index (χ4n) is 11.4. The third kappa shape index (κ3) is 11.0. The molecular formula is C62H66N10O4. The number of hydrogen-bond donors (Lipinski definition) is 4. The maximum atomic E-state index is 14.4. The van der Waals surface area contributed by atoms with Crippen LogP contribution in [0.5, 0.6) is 0 Å². The first-order valence-electron chi connectivity index (χ1n) is 27.2. The summed E-state index contributed by atoms with van der Waals surface area (Å²) in [5.74, 6) is -0.365. The Hall–Kier alpha value is -7.62. The van der Waals surface area contributed by atoms with Crippen molar-refractivity contribution in [2.24, 2.45) is 0 Å². The van der Waals surface area contributed by atoms with Gasteiger partial charge in [-0.3, -0.25) is 19.2 Å². The number of benzene rings is 6. The number of amides is 2. The highest BCUT2D eigenvalue weighted by Gasteiger charge is 2.34. The van der Waals surface area contributed by atoms with E-state index in [4.69, 9.17) is 9.97 Å². The van der Waals surface area contributed by atoms with E-state index in [1.54, 1.807) is 12.1 Å². The molecule has 4 N–H and O–H groups in total. The van der Waals surface area contributed by atoms with Gasteiger partial charge in [-0.15, -0.1) is 0 Å². The highest BCUT2D eigenvalue weighted by atomic mass is 16.2. The van der Waals surface area contributed by atoms with Crippen LogP contribution in [-0.2, 0) is 0 Å². The molecule has 76 heavy (non-hydrogen) atoms. The second-order valence-electron chi connectivity index (χ2n) is 20.3. The molecular weight excluding hydrogens is 949 g/mol. The number of pyridine rings is 2. The standard InChI is InChI=1S/C62H66N10O4/c73-59-47-19-9-25-53(63-27-11-31-69-35-39-71(40-36-69)33-13-29-65-61(75)55-43-15-1-5-21-49(43)67-50-22-6-2-16-44(50)55)57(47)60(74)58-48(59)20-10-26-54(58)64-28-12-32-70-37-41-72(42-38-70)34-14-30-66-62(76)56-45-17-3-7-23-51(45)68-52-24-8-4-18-46(52)56/h1-10,15-26,63-64H,11-14,27-42H2,(H,65,75)(H,66,76). The monoisotopic (exact) mass is 1010 g/mol. The van der Waals surface area contributed by atoms with Crippen LogP contribution in [0.2, 0.25) is 0 Å². The van der Waals surface area contributed by atoms with Gasteiger partial charge in [0.2, 0.25) is 0 Å². The van der Waals surface area contributed by atoms with Crippen LogP contribution in [0, 0.1) is 0 Å². The van der Waals surface area contributed by atoms with Gasteiger partial charge in [-0.2, -0.15) is 0 Å². The lowest BCUT2D eigenvalue weighted by atomic mass is 9.82. The Balaban J connectivity index is 0.588. The Morgan fingerprint density at radius 3 is 1.04 bits per heavy atom. The molecule has 3 aliphatic rings. The first kappa shape index (κ1) is 50.5. The Kier molecular flexibility index (Phi) is 15.6. The van der Waals surface area contributed by atoms with Gasteiger partial charge < -0.3 is 40.9 Å². The number of hydrogen-bond acceptors (Lipinski definition) is 12. The highest BCUT2D eigenvalue weighted by Crippen LogP contribution is 2.36. The lowest BCUT2D eigenvalue weighted by molar-refractivity contribution is 0.0942. The smallest absolute Gasteiger partial charge is 0.252 e. The summed E-state index contributed by atoms with van der Waals surface area (Å²) in [4.78, 5) is 74.8. The average Bonchev–Trinajstić information content (AvgIpc) is 3.47. The van der Waals surface area contributed by atoms with Crippen LogP contribution in [0.15, 0.2) is 133 Å². The van der Waals surface area contributed by atoms with Gasteiger partial charge in [0, 0.05) is 123 Å². The minimum absolute atomic E-state index is 0.0598. The molecule has 0 bridgehead atoms. The van der Waals surface area contributed by atoms with Crippen LogP contribution >= 0.6 is 0 Å². The van der Waals surface area contributed by atoms with Gasteiger partial charge in [0.25, 0.3) is 11.8 Å². The number of carbonyl (C=O) groups is 4. The summed E-state index contributed by atoms with van der Waals surface area (Å²) in [5, 5.41) is 16.9. The van der Waals surface area contributed by atoms with Crippen molar-refractivity contribution < 1.29 is 19.2 Å². The van der Waals surface area contributed by atoms with Gasteiger partial charge >= 0.3 is 0 Å². The van der Waals surface area contributed by atoms with E-state index in [1.165, 1.54) is 0 Å².